The molecule has 4 fully saturated rings. The van der Waals surface area contributed by atoms with Gasteiger partial charge in [0.2, 0.25) is 11.9 Å². The van der Waals surface area contributed by atoms with Gasteiger partial charge < -0.3 is 25.6 Å². The molecule has 148 valence electrons. The Morgan fingerprint density at radius 1 is 1.04 bits per heavy atom. The molecule has 2 aromatic heterocycles. The Hall–Kier alpha value is -2.52. The first kappa shape index (κ1) is 17.6. The molecule has 0 saturated carbocycles. The number of rotatable bonds is 4. The third-order valence-corrected chi connectivity index (χ3v) is 5.97. The van der Waals surface area contributed by atoms with Crippen LogP contribution >= 0.6 is 0 Å². The summed E-state index contributed by atoms with van der Waals surface area (Å²) in [7, 11) is 0. The van der Waals surface area contributed by atoms with Crippen molar-refractivity contribution < 1.29 is 4.74 Å². The highest BCUT2D eigenvalue weighted by atomic mass is 16.5. The first-order valence-corrected chi connectivity index (χ1v) is 10.0. The summed E-state index contributed by atoms with van der Waals surface area (Å²) in [6.45, 7) is 6.51. The van der Waals surface area contributed by atoms with Crippen molar-refractivity contribution in [3.05, 3.63) is 18.5 Å². The molecule has 9 nitrogen and oxygen atoms in total. The van der Waals surface area contributed by atoms with Gasteiger partial charge in [0.15, 0.2) is 0 Å². The average Bonchev–Trinajstić information content (AvgIpc) is 2.75. The van der Waals surface area contributed by atoms with Crippen LogP contribution in [0.25, 0.3) is 11.3 Å². The second kappa shape index (κ2) is 7.48. The highest BCUT2D eigenvalue weighted by molar-refractivity contribution is 5.63. The summed E-state index contributed by atoms with van der Waals surface area (Å²) in [5.41, 5.74) is 7.29. The number of hydrogen-bond acceptors (Lipinski definition) is 9. The lowest BCUT2D eigenvalue weighted by Crippen LogP contribution is -2.53. The summed E-state index contributed by atoms with van der Waals surface area (Å²) >= 11 is 0. The van der Waals surface area contributed by atoms with Gasteiger partial charge in [-0.15, -0.1) is 0 Å². The van der Waals surface area contributed by atoms with Gasteiger partial charge in [0, 0.05) is 49.7 Å². The normalized spacial score (nSPS) is 27.0. The smallest absolute Gasteiger partial charge is 0.228 e. The van der Waals surface area contributed by atoms with Crippen LogP contribution in [-0.4, -0.2) is 76.8 Å². The van der Waals surface area contributed by atoms with Gasteiger partial charge in [-0.2, -0.15) is 4.98 Å². The van der Waals surface area contributed by atoms with E-state index in [0.717, 1.165) is 48.6 Å². The van der Waals surface area contributed by atoms with Crippen LogP contribution in [0.4, 0.5) is 17.7 Å². The van der Waals surface area contributed by atoms with E-state index in [1.54, 1.807) is 12.4 Å². The molecule has 2 bridgehead atoms. The molecule has 0 spiro atoms. The molecular formula is C19H26N8O. The Morgan fingerprint density at radius 3 is 2.46 bits per heavy atom. The Balaban J connectivity index is 1.46. The minimum absolute atomic E-state index is 0.261. The molecule has 3 N–H and O–H groups in total. The van der Waals surface area contributed by atoms with E-state index in [2.05, 4.69) is 25.1 Å². The predicted molar refractivity (Wildman–Crippen MR) is 107 cm³/mol. The standard InChI is InChI=1S/C19H26N8O/c20-18-21-10-14(11-22-18)15-9-17(23-16-12-26-3-1-13(16)2-4-26)25-19(24-15)27-5-7-28-8-6-27/h9-11,13,16H,1-8,12H2,(H2,20,21,22)(H,23,24,25)/t16-/m1/s1. The van der Waals surface area contributed by atoms with E-state index in [1.807, 2.05) is 6.07 Å². The lowest BCUT2D eigenvalue weighted by Gasteiger charge is -2.45. The van der Waals surface area contributed by atoms with E-state index in [1.165, 1.54) is 25.9 Å². The van der Waals surface area contributed by atoms with Crippen LogP contribution in [0.3, 0.4) is 0 Å². The largest absolute Gasteiger partial charge is 0.378 e. The van der Waals surface area contributed by atoms with Gasteiger partial charge in [0.1, 0.15) is 5.82 Å². The van der Waals surface area contributed by atoms with Crippen LogP contribution in [-0.2, 0) is 4.74 Å². The molecular weight excluding hydrogens is 356 g/mol. The van der Waals surface area contributed by atoms with Crippen LogP contribution in [0, 0.1) is 5.92 Å². The lowest BCUT2D eigenvalue weighted by atomic mass is 9.84. The summed E-state index contributed by atoms with van der Waals surface area (Å²) in [5.74, 6) is 2.57. The maximum Gasteiger partial charge on any atom is 0.228 e. The molecule has 0 unspecified atom stereocenters. The first-order chi connectivity index (χ1) is 13.7. The van der Waals surface area contributed by atoms with Crippen LogP contribution in [0.15, 0.2) is 18.5 Å². The molecule has 0 radical (unpaired) electrons. The van der Waals surface area contributed by atoms with Crippen LogP contribution < -0.4 is 16.0 Å². The summed E-state index contributed by atoms with van der Waals surface area (Å²) in [5, 5.41) is 3.70. The van der Waals surface area contributed by atoms with Gasteiger partial charge in [0.05, 0.1) is 18.9 Å². The maximum absolute atomic E-state index is 5.65. The molecule has 0 aliphatic carbocycles. The van der Waals surface area contributed by atoms with E-state index in [0.29, 0.717) is 19.3 Å². The van der Waals surface area contributed by atoms with E-state index in [9.17, 15) is 0 Å². The predicted octanol–water partition coefficient (Wildman–Crippen LogP) is 0.858. The Bertz CT molecular complexity index is 815. The summed E-state index contributed by atoms with van der Waals surface area (Å²) in [6.07, 6.45) is 5.95. The average molecular weight is 382 g/mol. The van der Waals surface area contributed by atoms with Crippen LogP contribution in [0.2, 0.25) is 0 Å². The van der Waals surface area contributed by atoms with Crippen molar-refractivity contribution in [2.45, 2.75) is 18.9 Å². The van der Waals surface area contributed by atoms with Crippen molar-refractivity contribution in [1.29, 1.82) is 0 Å². The van der Waals surface area contributed by atoms with Crippen molar-refractivity contribution in [1.82, 2.24) is 24.8 Å². The van der Waals surface area contributed by atoms with Crippen molar-refractivity contribution >= 4 is 17.7 Å². The van der Waals surface area contributed by atoms with Crippen molar-refractivity contribution in [2.75, 3.05) is 61.9 Å². The number of nitrogens with one attached hydrogen (secondary N) is 1. The number of nitrogens with zero attached hydrogens (tertiary/aromatic N) is 6. The van der Waals surface area contributed by atoms with E-state index >= 15 is 0 Å². The molecule has 9 heteroatoms. The summed E-state index contributed by atoms with van der Waals surface area (Å²) in [6, 6.07) is 2.43. The van der Waals surface area contributed by atoms with E-state index in [4.69, 9.17) is 20.4 Å². The van der Waals surface area contributed by atoms with Crippen molar-refractivity contribution in [3.63, 3.8) is 0 Å². The Kier molecular flexibility index (Phi) is 4.69. The number of piperidine rings is 3. The molecule has 1 atom stereocenters. The third-order valence-electron chi connectivity index (χ3n) is 5.97. The lowest BCUT2D eigenvalue weighted by molar-refractivity contribution is 0.0973. The Labute approximate surface area is 164 Å². The fourth-order valence-corrected chi connectivity index (χ4v) is 4.35. The number of aromatic nitrogens is 4. The second-order valence-electron chi connectivity index (χ2n) is 7.76. The van der Waals surface area contributed by atoms with E-state index < -0.39 is 0 Å². The number of ether oxygens (including phenoxy) is 1. The minimum Gasteiger partial charge on any atom is -0.378 e. The maximum atomic E-state index is 5.65. The number of nitrogens with two attached hydrogens (primary N) is 1. The zero-order chi connectivity index (χ0) is 18.9. The Morgan fingerprint density at radius 2 is 1.79 bits per heavy atom. The number of nitrogen functional groups attached to an aromatic ring is 1. The molecule has 0 aromatic carbocycles. The zero-order valence-electron chi connectivity index (χ0n) is 15.9. The first-order valence-electron chi connectivity index (χ1n) is 10.0. The number of fused-ring (bicyclic) bond motifs is 3. The fraction of sp³-hybridized carbons (Fsp3) is 0.579. The molecule has 4 aliphatic rings. The third kappa shape index (κ3) is 3.59. The molecule has 0 amide bonds. The molecule has 6 rings (SSSR count). The van der Waals surface area contributed by atoms with E-state index in [-0.39, 0.29) is 5.95 Å². The number of morpholine rings is 1. The van der Waals surface area contributed by atoms with Crippen molar-refractivity contribution in [2.24, 2.45) is 5.92 Å². The van der Waals surface area contributed by atoms with Gasteiger partial charge in [-0.25, -0.2) is 15.0 Å². The quantitative estimate of drug-likeness (QED) is 0.796. The number of hydrogen-bond donors (Lipinski definition) is 2. The highest BCUT2D eigenvalue weighted by Crippen LogP contribution is 2.30. The van der Waals surface area contributed by atoms with Gasteiger partial charge in [-0.05, 0) is 31.8 Å². The van der Waals surface area contributed by atoms with Gasteiger partial charge in [-0.3, -0.25) is 0 Å². The summed E-state index contributed by atoms with van der Waals surface area (Å²) < 4.78 is 5.48. The second-order valence-corrected chi connectivity index (χ2v) is 7.76. The van der Waals surface area contributed by atoms with Gasteiger partial charge in [0.25, 0.3) is 0 Å². The SMILES string of the molecule is Nc1ncc(-c2cc(N[C@@H]3CN4CCC3CC4)nc(N3CCOCC3)n2)cn1. The topological polar surface area (TPSA) is 105 Å². The van der Waals surface area contributed by atoms with Crippen LogP contribution in [0.5, 0.6) is 0 Å². The molecule has 4 saturated heterocycles. The van der Waals surface area contributed by atoms with Crippen molar-refractivity contribution in [3.8, 4) is 11.3 Å². The molecule has 28 heavy (non-hydrogen) atoms. The number of anilines is 3. The fourth-order valence-electron chi connectivity index (χ4n) is 4.35. The molecule has 6 heterocycles. The molecule has 4 aliphatic heterocycles. The molecule has 2 aromatic rings. The highest BCUT2D eigenvalue weighted by Gasteiger charge is 2.34. The van der Waals surface area contributed by atoms with Crippen LogP contribution in [0.1, 0.15) is 12.8 Å². The zero-order valence-corrected chi connectivity index (χ0v) is 15.9. The van der Waals surface area contributed by atoms with Gasteiger partial charge in [-0.1, -0.05) is 0 Å². The van der Waals surface area contributed by atoms with Gasteiger partial charge >= 0.3 is 0 Å². The monoisotopic (exact) mass is 382 g/mol. The minimum atomic E-state index is 0.261. The summed E-state index contributed by atoms with van der Waals surface area (Å²) in [4.78, 5) is 22.6.